The van der Waals surface area contributed by atoms with Crippen LogP contribution < -0.4 is 4.90 Å². The Morgan fingerprint density at radius 2 is 2.11 bits per heavy atom. The minimum absolute atomic E-state index is 0.198. The number of nitrogens with zero attached hydrogens (tertiary/aromatic N) is 2. The zero-order valence-electron chi connectivity index (χ0n) is 10.8. The van der Waals surface area contributed by atoms with Crippen molar-refractivity contribution in [1.29, 1.82) is 0 Å². The minimum Gasteiger partial charge on any atom is -0.375 e. The van der Waals surface area contributed by atoms with Gasteiger partial charge in [-0.05, 0) is 31.9 Å². The molecule has 0 bridgehead atoms. The van der Waals surface area contributed by atoms with Gasteiger partial charge >= 0.3 is 0 Å². The number of hydrogen-bond acceptors (Lipinski definition) is 4. The first-order chi connectivity index (χ1) is 8.83. The lowest BCUT2D eigenvalue weighted by Gasteiger charge is -2.36. The van der Waals surface area contributed by atoms with Gasteiger partial charge < -0.3 is 14.4 Å². The molecule has 18 heavy (non-hydrogen) atoms. The van der Waals surface area contributed by atoms with E-state index < -0.39 is 0 Å². The minimum atomic E-state index is 0.198. The van der Waals surface area contributed by atoms with E-state index >= 15 is 0 Å². The smallest absolute Gasteiger partial charge is 0.128 e. The third-order valence-corrected chi connectivity index (χ3v) is 3.67. The maximum absolute atomic E-state index is 5.85. The Morgan fingerprint density at radius 3 is 2.89 bits per heavy atom. The Labute approximate surface area is 108 Å². The molecule has 0 saturated carbocycles. The molecule has 0 spiro atoms. The lowest BCUT2D eigenvalue weighted by Crippen LogP contribution is -2.48. The van der Waals surface area contributed by atoms with Crippen molar-refractivity contribution in [2.75, 3.05) is 31.2 Å². The fraction of sp³-hybridized carbons (Fsp3) is 0.643. The average Bonchev–Trinajstić information content (AvgIpc) is 2.93. The van der Waals surface area contributed by atoms with E-state index in [2.05, 4.69) is 22.0 Å². The van der Waals surface area contributed by atoms with E-state index in [1.54, 1.807) is 0 Å². The number of anilines is 1. The molecule has 4 nitrogen and oxygen atoms in total. The van der Waals surface area contributed by atoms with Crippen LogP contribution in [0.5, 0.6) is 0 Å². The highest BCUT2D eigenvalue weighted by Crippen LogP contribution is 2.23. The highest BCUT2D eigenvalue weighted by atomic mass is 16.5. The van der Waals surface area contributed by atoms with Gasteiger partial charge in [-0.3, -0.25) is 0 Å². The molecule has 98 valence electrons. The molecule has 0 amide bonds. The molecule has 0 aromatic carbocycles. The summed E-state index contributed by atoms with van der Waals surface area (Å²) in [5.74, 6) is 1.06. The van der Waals surface area contributed by atoms with Crippen LogP contribution in [0.2, 0.25) is 0 Å². The highest BCUT2D eigenvalue weighted by molar-refractivity contribution is 5.39. The SMILES string of the molecule is Cc1cccc(N2CCO[C@H]([C@H]3CCCO3)C2)n1. The maximum Gasteiger partial charge on any atom is 0.128 e. The first-order valence-corrected chi connectivity index (χ1v) is 6.75. The lowest BCUT2D eigenvalue weighted by molar-refractivity contribution is -0.0544. The van der Waals surface area contributed by atoms with Gasteiger partial charge in [0.2, 0.25) is 0 Å². The van der Waals surface area contributed by atoms with Crippen LogP contribution in [0.15, 0.2) is 18.2 Å². The molecule has 4 heteroatoms. The van der Waals surface area contributed by atoms with Gasteiger partial charge in [0.25, 0.3) is 0 Å². The van der Waals surface area contributed by atoms with E-state index in [0.29, 0.717) is 0 Å². The number of pyridine rings is 1. The zero-order valence-corrected chi connectivity index (χ0v) is 10.8. The predicted octanol–water partition coefficient (Wildman–Crippen LogP) is 1.77. The first kappa shape index (κ1) is 11.9. The molecule has 1 aromatic rings. The van der Waals surface area contributed by atoms with Crippen LogP contribution in [0.1, 0.15) is 18.5 Å². The monoisotopic (exact) mass is 248 g/mol. The second-order valence-electron chi connectivity index (χ2n) is 5.04. The first-order valence-electron chi connectivity index (χ1n) is 6.75. The Morgan fingerprint density at radius 1 is 1.22 bits per heavy atom. The number of aromatic nitrogens is 1. The predicted molar refractivity (Wildman–Crippen MR) is 69.9 cm³/mol. The van der Waals surface area contributed by atoms with Crippen LogP contribution in [0, 0.1) is 6.92 Å². The summed E-state index contributed by atoms with van der Waals surface area (Å²) in [5.41, 5.74) is 1.06. The average molecular weight is 248 g/mol. The van der Waals surface area contributed by atoms with Crippen LogP contribution in [-0.2, 0) is 9.47 Å². The molecule has 2 saturated heterocycles. The third kappa shape index (κ3) is 2.49. The second-order valence-corrected chi connectivity index (χ2v) is 5.04. The van der Waals surface area contributed by atoms with Crippen LogP contribution in [0.3, 0.4) is 0 Å². The summed E-state index contributed by atoms with van der Waals surface area (Å²) in [5, 5.41) is 0. The van der Waals surface area contributed by atoms with Gasteiger partial charge in [-0.25, -0.2) is 4.98 Å². The quantitative estimate of drug-likeness (QED) is 0.799. The van der Waals surface area contributed by atoms with E-state index in [9.17, 15) is 0 Å². The van der Waals surface area contributed by atoms with Gasteiger partial charge in [-0.1, -0.05) is 6.07 Å². The molecule has 0 unspecified atom stereocenters. The van der Waals surface area contributed by atoms with Crippen molar-refractivity contribution in [2.24, 2.45) is 0 Å². The van der Waals surface area contributed by atoms with Crippen molar-refractivity contribution in [3.8, 4) is 0 Å². The number of ether oxygens (including phenoxy) is 2. The van der Waals surface area contributed by atoms with Gasteiger partial charge in [-0.2, -0.15) is 0 Å². The van der Waals surface area contributed by atoms with E-state index in [1.165, 1.54) is 0 Å². The molecule has 2 atom stereocenters. The molecule has 2 fully saturated rings. The van der Waals surface area contributed by atoms with Gasteiger partial charge in [0.05, 0.1) is 12.7 Å². The van der Waals surface area contributed by atoms with E-state index in [1.807, 2.05) is 13.0 Å². The Kier molecular flexibility index (Phi) is 3.48. The van der Waals surface area contributed by atoms with E-state index in [0.717, 1.165) is 50.7 Å². The fourth-order valence-electron chi connectivity index (χ4n) is 2.71. The molecule has 0 N–H and O–H groups in total. The second kappa shape index (κ2) is 5.24. The normalized spacial score (nSPS) is 28.6. The van der Waals surface area contributed by atoms with Crippen molar-refractivity contribution in [2.45, 2.75) is 32.0 Å². The van der Waals surface area contributed by atoms with Crippen LogP contribution in [0.4, 0.5) is 5.82 Å². The van der Waals surface area contributed by atoms with E-state index in [-0.39, 0.29) is 12.2 Å². The van der Waals surface area contributed by atoms with Crippen molar-refractivity contribution >= 4 is 5.82 Å². The molecule has 3 heterocycles. The molecular weight excluding hydrogens is 228 g/mol. The Bertz CT molecular complexity index is 405. The summed E-state index contributed by atoms with van der Waals surface area (Å²) >= 11 is 0. The van der Waals surface area contributed by atoms with Gasteiger partial charge in [0.15, 0.2) is 0 Å². The van der Waals surface area contributed by atoms with Gasteiger partial charge in [-0.15, -0.1) is 0 Å². The van der Waals surface area contributed by atoms with Crippen LogP contribution in [-0.4, -0.2) is 43.5 Å². The maximum atomic E-state index is 5.85. The van der Waals surface area contributed by atoms with Crippen molar-refractivity contribution in [3.05, 3.63) is 23.9 Å². The third-order valence-electron chi connectivity index (χ3n) is 3.67. The molecule has 3 rings (SSSR count). The Hall–Kier alpha value is -1.13. The van der Waals surface area contributed by atoms with Crippen LogP contribution in [0.25, 0.3) is 0 Å². The number of morpholine rings is 1. The fourth-order valence-corrected chi connectivity index (χ4v) is 2.71. The van der Waals surface area contributed by atoms with Gasteiger partial charge in [0.1, 0.15) is 11.9 Å². The highest BCUT2D eigenvalue weighted by Gasteiger charge is 2.31. The number of hydrogen-bond donors (Lipinski definition) is 0. The molecule has 1 aromatic heterocycles. The zero-order chi connectivity index (χ0) is 12.4. The summed E-state index contributed by atoms with van der Waals surface area (Å²) in [7, 11) is 0. The molecule has 0 radical (unpaired) electrons. The van der Waals surface area contributed by atoms with Crippen molar-refractivity contribution in [3.63, 3.8) is 0 Å². The summed E-state index contributed by atoms with van der Waals surface area (Å²) in [6.07, 6.45) is 2.76. The van der Waals surface area contributed by atoms with Crippen molar-refractivity contribution in [1.82, 2.24) is 4.98 Å². The van der Waals surface area contributed by atoms with Crippen LogP contribution >= 0.6 is 0 Å². The standard InChI is InChI=1S/C14H20N2O2/c1-11-4-2-6-14(15-11)16-7-9-18-13(10-16)12-5-3-8-17-12/h2,4,6,12-13H,3,5,7-10H2,1H3/t12-,13+/m1/s1. The summed E-state index contributed by atoms with van der Waals surface area (Å²) in [4.78, 5) is 6.90. The van der Waals surface area contributed by atoms with Gasteiger partial charge in [0, 0.05) is 25.4 Å². The summed E-state index contributed by atoms with van der Waals surface area (Å²) in [6, 6.07) is 6.17. The summed E-state index contributed by atoms with van der Waals surface area (Å²) < 4.78 is 11.6. The molecular formula is C14H20N2O2. The molecule has 2 aliphatic heterocycles. The summed E-state index contributed by atoms with van der Waals surface area (Å²) in [6.45, 7) is 5.48. The Balaban J connectivity index is 1.69. The topological polar surface area (TPSA) is 34.6 Å². The lowest BCUT2D eigenvalue weighted by atomic mass is 10.1. The number of rotatable bonds is 2. The van der Waals surface area contributed by atoms with Crippen molar-refractivity contribution < 1.29 is 9.47 Å². The number of aryl methyl sites for hydroxylation is 1. The molecule has 2 aliphatic rings. The molecule has 0 aliphatic carbocycles. The van der Waals surface area contributed by atoms with E-state index in [4.69, 9.17) is 9.47 Å². The largest absolute Gasteiger partial charge is 0.375 e.